The van der Waals surface area contributed by atoms with Crippen LogP contribution in [0.3, 0.4) is 0 Å². The van der Waals surface area contributed by atoms with Gasteiger partial charge in [0, 0.05) is 41.1 Å². The normalized spacial score (nSPS) is 13.0. The molecular formula is C32H32N6O4. The van der Waals surface area contributed by atoms with Crippen LogP contribution in [0.2, 0.25) is 0 Å². The van der Waals surface area contributed by atoms with Gasteiger partial charge in [0.25, 0.3) is 5.56 Å². The fourth-order valence-corrected chi connectivity index (χ4v) is 4.82. The zero-order valence-electron chi connectivity index (χ0n) is 23.1. The molecule has 0 aliphatic carbocycles. The van der Waals surface area contributed by atoms with Crippen molar-refractivity contribution in [2.45, 2.75) is 32.0 Å². The third kappa shape index (κ3) is 6.50. The lowest BCUT2D eigenvalue weighted by Crippen LogP contribution is -2.38. The summed E-state index contributed by atoms with van der Waals surface area (Å²) in [5, 5.41) is 7.11. The minimum absolute atomic E-state index is 0.148. The SMILES string of the molecule is O=C(Cn1c(-c2ccccc2)ncc(NCCCc2ccc(OC3COC3)cc2)c1=O)NCc1cc2cnccc2[nH]1. The van der Waals surface area contributed by atoms with E-state index in [-0.39, 0.29) is 24.1 Å². The van der Waals surface area contributed by atoms with Crippen LogP contribution in [-0.2, 0) is 29.0 Å². The molecule has 0 spiro atoms. The molecular weight excluding hydrogens is 532 g/mol. The van der Waals surface area contributed by atoms with Gasteiger partial charge >= 0.3 is 0 Å². The van der Waals surface area contributed by atoms with Crippen LogP contribution < -0.4 is 20.9 Å². The Hall–Kier alpha value is -4.96. The summed E-state index contributed by atoms with van der Waals surface area (Å²) in [7, 11) is 0. The number of hydrogen-bond acceptors (Lipinski definition) is 7. The summed E-state index contributed by atoms with van der Waals surface area (Å²) in [6, 6.07) is 21.3. The van der Waals surface area contributed by atoms with Gasteiger partial charge in [-0.15, -0.1) is 0 Å². The van der Waals surface area contributed by atoms with Crippen molar-refractivity contribution in [1.82, 2.24) is 24.8 Å². The maximum atomic E-state index is 13.6. The molecule has 10 nitrogen and oxygen atoms in total. The van der Waals surface area contributed by atoms with Crippen LogP contribution >= 0.6 is 0 Å². The van der Waals surface area contributed by atoms with E-state index in [1.54, 1.807) is 18.6 Å². The Labute approximate surface area is 242 Å². The summed E-state index contributed by atoms with van der Waals surface area (Å²) in [6.45, 7) is 2.01. The molecule has 1 aliphatic heterocycles. The van der Waals surface area contributed by atoms with Gasteiger partial charge in [0.2, 0.25) is 5.91 Å². The van der Waals surface area contributed by atoms with Crippen LogP contribution in [0.5, 0.6) is 5.75 Å². The smallest absolute Gasteiger partial charge is 0.277 e. The predicted molar refractivity (Wildman–Crippen MR) is 160 cm³/mol. The van der Waals surface area contributed by atoms with Crippen molar-refractivity contribution in [3.8, 4) is 17.1 Å². The number of rotatable bonds is 12. The number of anilines is 1. The summed E-state index contributed by atoms with van der Waals surface area (Å²) >= 11 is 0. The van der Waals surface area contributed by atoms with Gasteiger partial charge in [-0.05, 0) is 42.7 Å². The number of fused-ring (bicyclic) bond motifs is 1. The van der Waals surface area contributed by atoms with Crippen LogP contribution in [0, 0.1) is 0 Å². The Morgan fingerprint density at radius 1 is 1.07 bits per heavy atom. The molecule has 1 amide bonds. The van der Waals surface area contributed by atoms with E-state index < -0.39 is 0 Å². The number of aryl methyl sites for hydroxylation is 1. The molecule has 1 fully saturated rings. The molecule has 10 heteroatoms. The molecule has 2 aromatic carbocycles. The number of carbonyl (C=O) groups is 1. The van der Waals surface area contributed by atoms with Crippen molar-refractivity contribution in [2.24, 2.45) is 0 Å². The molecule has 6 rings (SSSR count). The Bertz CT molecular complexity index is 1680. The number of aromatic nitrogens is 4. The molecule has 3 aromatic heterocycles. The molecule has 1 aliphatic rings. The first-order valence-corrected chi connectivity index (χ1v) is 14.0. The highest BCUT2D eigenvalue weighted by Gasteiger charge is 2.20. The van der Waals surface area contributed by atoms with E-state index in [1.807, 2.05) is 54.6 Å². The van der Waals surface area contributed by atoms with Crippen molar-refractivity contribution < 1.29 is 14.3 Å². The first-order valence-electron chi connectivity index (χ1n) is 14.0. The van der Waals surface area contributed by atoms with Crippen molar-refractivity contribution in [3.63, 3.8) is 0 Å². The largest absolute Gasteiger partial charge is 0.486 e. The number of carbonyl (C=O) groups excluding carboxylic acids is 1. The summed E-state index contributed by atoms with van der Waals surface area (Å²) < 4.78 is 12.4. The summed E-state index contributed by atoms with van der Waals surface area (Å²) in [5.41, 5.74) is 3.81. The van der Waals surface area contributed by atoms with Gasteiger partial charge in [0.05, 0.1) is 26.0 Å². The topological polar surface area (TPSA) is 123 Å². The van der Waals surface area contributed by atoms with Crippen LogP contribution in [0.4, 0.5) is 5.69 Å². The van der Waals surface area contributed by atoms with E-state index in [0.29, 0.717) is 37.8 Å². The number of nitrogens with zero attached hydrogens (tertiary/aromatic N) is 3. The van der Waals surface area contributed by atoms with Crippen LogP contribution in [0.25, 0.3) is 22.3 Å². The third-order valence-corrected chi connectivity index (χ3v) is 7.12. The van der Waals surface area contributed by atoms with Gasteiger partial charge < -0.3 is 25.1 Å². The third-order valence-electron chi connectivity index (χ3n) is 7.12. The molecule has 0 unspecified atom stereocenters. The first-order chi connectivity index (χ1) is 20.6. The van der Waals surface area contributed by atoms with Crippen molar-refractivity contribution in [3.05, 3.63) is 107 Å². The Morgan fingerprint density at radius 2 is 1.90 bits per heavy atom. The van der Waals surface area contributed by atoms with E-state index in [2.05, 4.69) is 37.7 Å². The highest BCUT2D eigenvalue weighted by atomic mass is 16.6. The first kappa shape index (κ1) is 27.2. The lowest BCUT2D eigenvalue weighted by Gasteiger charge is -2.26. The van der Waals surface area contributed by atoms with Crippen molar-refractivity contribution >= 4 is 22.5 Å². The van der Waals surface area contributed by atoms with E-state index in [1.165, 1.54) is 10.1 Å². The molecule has 0 bridgehead atoms. The minimum Gasteiger partial charge on any atom is -0.486 e. The molecule has 214 valence electrons. The lowest BCUT2D eigenvalue weighted by atomic mass is 10.1. The quantitative estimate of drug-likeness (QED) is 0.196. The number of ether oxygens (including phenoxy) is 2. The second-order valence-corrected chi connectivity index (χ2v) is 10.2. The van der Waals surface area contributed by atoms with Crippen LogP contribution in [-0.4, -0.2) is 51.3 Å². The van der Waals surface area contributed by atoms with E-state index in [0.717, 1.165) is 40.8 Å². The highest BCUT2D eigenvalue weighted by molar-refractivity contribution is 5.80. The van der Waals surface area contributed by atoms with E-state index in [9.17, 15) is 9.59 Å². The second kappa shape index (κ2) is 12.7. The van der Waals surface area contributed by atoms with Gasteiger partial charge in [-0.2, -0.15) is 0 Å². The number of amides is 1. The van der Waals surface area contributed by atoms with Crippen molar-refractivity contribution in [1.29, 1.82) is 0 Å². The minimum atomic E-state index is -0.294. The number of aromatic amines is 1. The Kier molecular flexibility index (Phi) is 8.23. The van der Waals surface area contributed by atoms with E-state index >= 15 is 0 Å². The fraction of sp³-hybridized carbons (Fsp3) is 0.250. The maximum Gasteiger partial charge on any atom is 0.277 e. The maximum absolute atomic E-state index is 13.6. The van der Waals surface area contributed by atoms with Gasteiger partial charge in [0.15, 0.2) is 0 Å². The zero-order valence-corrected chi connectivity index (χ0v) is 23.1. The molecule has 42 heavy (non-hydrogen) atoms. The number of benzene rings is 2. The van der Waals surface area contributed by atoms with E-state index in [4.69, 9.17) is 9.47 Å². The molecule has 4 heterocycles. The predicted octanol–water partition coefficient (Wildman–Crippen LogP) is 3.93. The number of nitrogens with one attached hydrogen (secondary N) is 3. The number of H-pyrrole nitrogens is 1. The average Bonchev–Trinajstić information content (AvgIpc) is 3.42. The Morgan fingerprint density at radius 3 is 2.67 bits per heavy atom. The standard InChI is InChI=1S/C32H32N6O4/c39-30(35-17-25-15-24-16-33-14-12-28(24)37-25)19-38-31(23-6-2-1-3-7-23)36-18-29(32(38)40)34-13-4-5-22-8-10-26(11-9-22)42-27-20-41-21-27/h1-3,6-12,14-16,18,27,34,37H,4-5,13,17,19-21H2,(H,35,39). The van der Waals surface area contributed by atoms with Gasteiger partial charge in [-0.25, -0.2) is 4.98 Å². The highest BCUT2D eigenvalue weighted by Crippen LogP contribution is 2.19. The summed E-state index contributed by atoms with van der Waals surface area (Å²) in [4.78, 5) is 38.5. The number of hydrogen-bond donors (Lipinski definition) is 3. The molecule has 3 N–H and O–H groups in total. The molecule has 5 aromatic rings. The van der Waals surface area contributed by atoms with Gasteiger partial charge in [0.1, 0.15) is 29.9 Å². The van der Waals surface area contributed by atoms with Gasteiger partial charge in [-0.1, -0.05) is 42.5 Å². The molecule has 1 saturated heterocycles. The molecule has 0 saturated carbocycles. The Balaban J connectivity index is 1.09. The lowest BCUT2D eigenvalue weighted by molar-refractivity contribution is -0.121. The zero-order chi connectivity index (χ0) is 28.7. The molecule has 0 radical (unpaired) electrons. The van der Waals surface area contributed by atoms with Crippen LogP contribution in [0.15, 0.2) is 90.1 Å². The number of pyridine rings is 1. The molecule has 0 atom stereocenters. The summed E-state index contributed by atoms with van der Waals surface area (Å²) in [5.74, 6) is 0.994. The average molecular weight is 565 g/mol. The van der Waals surface area contributed by atoms with Gasteiger partial charge in [-0.3, -0.25) is 19.1 Å². The summed E-state index contributed by atoms with van der Waals surface area (Å²) in [6.07, 6.45) is 6.84. The fourth-order valence-electron chi connectivity index (χ4n) is 4.82. The monoisotopic (exact) mass is 564 g/mol. The van der Waals surface area contributed by atoms with Crippen LogP contribution in [0.1, 0.15) is 17.7 Å². The van der Waals surface area contributed by atoms with Crippen molar-refractivity contribution in [2.75, 3.05) is 25.1 Å². The second-order valence-electron chi connectivity index (χ2n) is 10.2.